The first-order valence-corrected chi connectivity index (χ1v) is 9.08. The van der Waals surface area contributed by atoms with Crippen molar-refractivity contribution in [2.75, 3.05) is 6.54 Å². The van der Waals surface area contributed by atoms with Gasteiger partial charge in [0.05, 0.1) is 12.2 Å². The van der Waals surface area contributed by atoms with E-state index in [1.807, 2.05) is 6.07 Å². The van der Waals surface area contributed by atoms with Crippen LogP contribution >= 0.6 is 0 Å². The fourth-order valence-corrected chi connectivity index (χ4v) is 3.15. The second kappa shape index (κ2) is 8.56. The molecule has 1 aliphatic carbocycles. The summed E-state index contributed by atoms with van der Waals surface area (Å²) in [6.45, 7) is 0.661. The number of ketones is 1. The summed E-state index contributed by atoms with van der Waals surface area (Å²) in [5, 5.41) is 7.18. The molecule has 2 aromatic rings. The zero-order valence-electron chi connectivity index (χ0n) is 14.7. The quantitative estimate of drug-likeness (QED) is 0.771. The Morgan fingerprint density at radius 1 is 1.08 bits per heavy atom. The molecule has 0 radical (unpaired) electrons. The highest BCUT2D eigenvalue weighted by Gasteiger charge is 2.13. The molecule has 26 heavy (non-hydrogen) atoms. The Morgan fingerprint density at radius 2 is 1.85 bits per heavy atom. The number of nitrogens with zero attached hydrogens (tertiary/aromatic N) is 2. The lowest BCUT2D eigenvalue weighted by atomic mass is 9.97. The van der Waals surface area contributed by atoms with Gasteiger partial charge < -0.3 is 5.32 Å². The summed E-state index contributed by atoms with van der Waals surface area (Å²) in [5.74, 6) is -0.242. The van der Waals surface area contributed by atoms with Gasteiger partial charge in [-0.3, -0.25) is 14.4 Å². The van der Waals surface area contributed by atoms with Crippen molar-refractivity contribution < 1.29 is 9.59 Å². The largest absolute Gasteiger partial charge is 0.354 e. The average Bonchev–Trinajstić information content (AvgIpc) is 2.67. The molecule has 6 nitrogen and oxygen atoms in total. The zero-order valence-corrected chi connectivity index (χ0v) is 14.7. The number of nitrogens with one attached hydrogen (secondary N) is 1. The van der Waals surface area contributed by atoms with Crippen molar-refractivity contribution in [1.82, 2.24) is 15.1 Å². The maximum absolute atomic E-state index is 12.1. The Bertz CT molecular complexity index is 843. The topological polar surface area (TPSA) is 81.1 Å². The number of carbonyl (C=O) groups is 2. The molecule has 1 aliphatic rings. The highest BCUT2D eigenvalue weighted by atomic mass is 16.2. The third-order valence-corrected chi connectivity index (χ3v) is 4.59. The minimum Gasteiger partial charge on any atom is -0.354 e. The second-order valence-corrected chi connectivity index (χ2v) is 6.52. The molecule has 0 unspecified atom stereocenters. The van der Waals surface area contributed by atoms with Gasteiger partial charge in [0, 0.05) is 31.0 Å². The van der Waals surface area contributed by atoms with E-state index in [0.29, 0.717) is 18.7 Å². The van der Waals surface area contributed by atoms with Crippen LogP contribution in [-0.4, -0.2) is 28.0 Å². The van der Waals surface area contributed by atoms with Crippen molar-refractivity contribution in [3.8, 4) is 0 Å². The number of fused-ring (bicyclic) bond motifs is 1. The second-order valence-electron chi connectivity index (χ2n) is 6.52. The smallest absolute Gasteiger partial charge is 0.267 e. The number of amides is 1. The SMILES string of the molecule is O=C(CCC(=O)c1ccccc1)NCCn1nc2c(cc1=O)CCCC2. The van der Waals surface area contributed by atoms with Crippen molar-refractivity contribution >= 4 is 11.7 Å². The third kappa shape index (κ3) is 4.65. The monoisotopic (exact) mass is 353 g/mol. The molecule has 1 aromatic carbocycles. The Hall–Kier alpha value is -2.76. The molecular weight excluding hydrogens is 330 g/mol. The average molecular weight is 353 g/mol. The van der Waals surface area contributed by atoms with Crippen LogP contribution in [0.15, 0.2) is 41.2 Å². The van der Waals surface area contributed by atoms with Gasteiger partial charge in [0.1, 0.15) is 0 Å². The number of aromatic nitrogens is 2. The van der Waals surface area contributed by atoms with E-state index in [2.05, 4.69) is 10.4 Å². The van der Waals surface area contributed by atoms with Crippen molar-refractivity contribution in [2.24, 2.45) is 0 Å². The number of rotatable bonds is 7. The molecule has 0 bridgehead atoms. The van der Waals surface area contributed by atoms with Gasteiger partial charge in [0.2, 0.25) is 5.91 Å². The van der Waals surface area contributed by atoms with E-state index in [1.165, 1.54) is 4.68 Å². The number of carbonyl (C=O) groups excluding carboxylic acids is 2. The predicted molar refractivity (Wildman–Crippen MR) is 98.2 cm³/mol. The molecule has 0 spiro atoms. The lowest BCUT2D eigenvalue weighted by Crippen LogP contribution is -2.33. The number of Topliss-reactive ketones (excluding diaryl/α,β-unsaturated/α-hetero) is 1. The van der Waals surface area contributed by atoms with Gasteiger partial charge in [-0.05, 0) is 31.2 Å². The van der Waals surface area contributed by atoms with Crippen molar-refractivity contribution in [3.05, 3.63) is 63.6 Å². The summed E-state index contributed by atoms with van der Waals surface area (Å²) in [6, 6.07) is 10.6. The molecule has 6 heteroatoms. The standard InChI is InChI=1S/C20H23N3O3/c24-18(15-6-2-1-3-7-15)10-11-19(25)21-12-13-23-20(26)14-16-8-4-5-9-17(16)22-23/h1-3,6-7,14H,4-5,8-13H2,(H,21,25). The van der Waals surface area contributed by atoms with Crippen molar-refractivity contribution in [2.45, 2.75) is 45.1 Å². The summed E-state index contributed by atoms with van der Waals surface area (Å²) in [5.41, 5.74) is 2.54. The van der Waals surface area contributed by atoms with Crippen LogP contribution in [0.5, 0.6) is 0 Å². The lowest BCUT2D eigenvalue weighted by Gasteiger charge is -2.16. The minimum atomic E-state index is -0.194. The number of hydrogen-bond donors (Lipinski definition) is 1. The first-order valence-electron chi connectivity index (χ1n) is 9.08. The fourth-order valence-electron chi connectivity index (χ4n) is 3.15. The van der Waals surface area contributed by atoms with Crippen molar-refractivity contribution in [1.29, 1.82) is 0 Å². The van der Waals surface area contributed by atoms with Crippen molar-refractivity contribution in [3.63, 3.8) is 0 Å². The Labute approximate surface area is 152 Å². The fraction of sp³-hybridized carbons (Fsp3) is 0.400. The highest BCUT2D eigenvalue weighted by molar-refractivity contribution is 5.97. The van der Waals surface area contributed by atoms with Crippen LogP contribution in [0.3, 0.4) is 0 Å². The third-order valence-electron chi connectivity index (χ3n) is 4.59. The minimum absolute atomic E-state index is 0.0478. The molecule has 0 atom stereocenters. The van der Waals surface area contributed by atoms with Gasteiger partial charge in [0.15, 0.2) is 5.78 Å². The molecule has 1 aromatic heterocycles. The van der Waals surface area contributed by atoms with Crippen LogP contribution < -0.4 is 10.9 Å². The highest BCUT2D eigenvalue weighted by Crippen LogP contribution is 2.16. The van der Waals surface area contributed by atoms with Gasteiger partial charge in [-0.25, -0.2) is 4.68 Å². The van der Waals surface area contributed by atoms with Gasteiger partial charge in [0.25, 0.3) is 5.56 Å². The summed E-state index contributed by atoms with van der Waals surface area (Å²) in [4.78, 5) is 36.0. The van der Waals surface area contributed by atoms with E-state index in [9.17, 15) is 14.4 Å². The Kier molecular flexibility index (Phi) is 5.94. The Morgan fingerprint density at radius 3 is 2.65 bits per heavy atom. The van der Waals surface area contributed by atoms with Crippen LogP contribution in [-0.2, 0) is 24.2 Å². The van der Waals surface area contributed by atoms with E-state index in [0.717, 1.165) is 36.9 Å². The molecule has 1 heterocycles. The summed E-state index contributed by atoms with van der Waals surface area (Å²) >= 11 is 0. The normalized spacial score (nSPS) is 13.1. The molecule has 1 N–H and O–H groups in total. The van der Waals surface area contributed by atoms with Gasteiger partial charge in [-0.15, -0.1) is 0 Å². The maximum Gasteiger partial charge on any atom is 0.267 e. The van der Waals surface area contributed by atoms with E-state index in [-0.39, 0.29) is 30.1 Å². The molecule has 0 saturated carbocycles. The number of hydrogen-bond acceptors (Lipinski definition) is 4. The van der Waals surface area contributed by atoms with Crippen LogP contribution in [0.1, 0.15) is 47.3 Å². The number of benzene rings is 1. The molecular formula is C20H23N3O3. The Balaban J connectivity index is 1.45. The molecule has 1 amide bonds. The lowest BCUT2D eigenvalue weighted by molar-refractivity contribution is -0.121. The molecule has 3 rings (SSSR count). The maximum atomic E-state index is 12.1. The number of aryl methyl sites for hydroxylation is 2. The van der Waals surface area contributed by atoms with Crippen LogP contribution in [0.4, 0.5) is 0 Å². The van der Waals surface area contributed by atoms with E-state index < -0.39 is 0 Å². The summed E-state index contributed by atoms with van der Waals surface area (Å²) < 4.78 is 1.42. The first kappa shape index (κ1) is 18.0. The van der Waals surface area contributed by atoms with E-state index in [1.54, 1.807) is 30.3 Å². The predicted octanol–water partition coefficient (Wildman–Crippen LogP) is 1.90. The van der Waals surface area contributed by atoms with Crippen LogP contribution in [0, 0.1) is 0 Å². The molecule has 0 aliphatic heterocycles. The molecule has 0 fully saturated rings. The molecule has 0 saturated heterocycles. The summed E-state index contributed by atoms with van der Waals surface area (Å²) in [6.07, 6.45) is 4.35. The van der Waals surface area contributed by atoms with E-state index >= 15 is 0 Å². The van der Waals surface area contributed by atoms with Gasteiger partial charge >= 0.3 is 0 Å². The molecule has 136 valence electrons. The van der Waals surface area contributed by atoms with Crippen LogP contribution in [0.25, 0.3) is 0 Å². The van der Waals surface area contributed by atoms with E-state index in [4.69, 9.17) is 0 Å². The summed E-state index contributed by atoms with van der Waals surface area (Å²) in [7, 11) is 0. The first-order chi connectivity index (χ1) is 12.6. The van der Waals surface area contributed by atoms with Gasteiger partial charge in [-0.1, -0.05) is 30.3 Å². The van der Waals surface area contributed by atoms with Gasteiger partial charge in [-0.2, -0.15) is 5.10 Å². The zero-order chi connectivity index (χ0) is 18.4. The van der Waals surface area contributed by atoms with Crippen LogP contribution in [0.2, 0.25) is 0 Å².